The molecule has 30 heavy (non-hydrogen) atoms. The molecule has 1 aromatic carbocycles. The number of fused-ring (bicyclic) bond motifs is 1. The summed E-state index contributed by atoms with van der Waals surface area (Å²) in [4.78, 5) is 2.14. The third-order valence-corrected chi connectivity index (χ3v) is 5.91. The van der Waals surface area contributed by atoms with E-state index in [1.807, 2.05) is 23.6 Å². The van der Waals surface area contributed by atoms with Crippen molar-refractivity contribution >= 4 is 22.9 Å². The van der Waals surface area contributed by atoms with E-state index in [4.69, 9.17) is 21.1 Å². The van der Waals surface area contributed by atoms with Gasteiger partial charge in [-0.25, -0.2) is 8.78 Å². The molecule has 0 spiro atoms. The molecule has 0 saturated carbocycles. The molecule has 6 nitrogen and oxygen atoms in total. The lowest BCUT2D eigenvalue weighted by molar-refractivity contribution is 0.127. The maximum Gasteiger partial charge on any atom is 0.181 e. The molecule has 0 radical (unpaired) electrons. The lowest BCUT2D eigenvalue weighted by Gasteiger charge is -2.34. The van der Waals surface area contributed by atoms with Crippen molar-refractivity contribution in [3.05, 3.63) is 52.4 Å². The van der Waals surface area contributed by atoms with Gasteiger partial charge < -0.3 is 14.4 Å². The van der Waals surface area contributed by atoms with E-state index in [2.05, 4.69) is 15.1 Å². The van der Waals surface area contributed by atoms with Gasteiger partial charge in [-0.15, -0.1) is 10.2 Å². The van der Waals surface area contributed by atoms with Gasteiger partial charge >= 0.3 is 0 Å². The van der Waals surface area contributed by atoms with Gasteiger partial charge in [-0.1, -0.05) is 11.6 Å². The fourth-order valence-electron chi connectivity index (χ4n) is 4.04. The van der Waals surface area contributed by atoms with Gasteiger partial charge in [0.05, 0.1) is 12.8 Å². The van der Waals surface area contributed by atoms with Gasteiger partial charge in [0.1, 0.15) is 17.4 Å². The zero-order valence-corrected chi connectivity index (χ0v) is 17.6. The summed E-state index contributed by atoms with van der Waals surface area (Å²) < 4.78 is 40.9. The summed E-state index contributed by atoms with van der Waals surface area (Å²) in [5, 5.41) is 8.88. The first-order valence-electron chi connectivity index (χ1n) is 9.91. The number of benzene rings is 1. The minimum atomic E-state index is -0.542. The van der Waals surface area contributed by atoms with E-state index in [9.17, 15) is 8.78 Å². The largest absolute Gasteiger partial charge is 0.493 e. The first-order valence-corrected chi connectivity index (χ1v) is 10.3. The Bertz CT molecular complexity index is 1050. The number of hydrogen-bond donors (Lipinski definition) is 0. The number of pyridine rings is 1. The van der Waals surface area contributed by atoms with Crippen molar-refractivity contribution in [1.29, 1.82) is 0 Å². The van der Waals surface area contributed by atoms with Crippen LogP contribution < -0.4 is 9.64 Å². The van der Waals surface area contributed by atoms with Crippen LogP contribution >= 0.6 is 11.6 Å². The van der Waals surface area contributed by atoms with Crippen LogP contribution in [0.1, 0.15) is 37.1 Å². The predicted octanol–water partition coefficient (Wildman–Crippen LogP) is 4.59. The lowest BCUT2D eigenvalue weighted by atomic mass is 9.88. The second-order valence-electron chi connectivity index (χ2n) is 7.20. The third kappa shape index (κ3) is 3.70. The first-order chi connectivity index (χ1) is 14.5. The molecule has 0 atom stereocenters. The molecular formula is C21H23ClF2N4O2. The van der Waals surface area contributed by atoms with Gasteiger partial charge in [-0.2, -0.15) is 0 Å². The van der Waals surface area contributed by atoms with Crippen LogP contribution in [0, 0.1) is 11.6 Å². The Morgan fingerprint density at radius 3 is 2.57 bits per heavy atom. The number of methoxy groups -OCH3 is 1. The van der Waals surface area contributed by atoms with Gasteiger partial charge in [-0.3, -0.25) is 4.40 Å². The highest BCUT2D eigenvalue weighted by atomic mass is 35.5. The van der Waals surface area contributed by atoms with Crippen molar-refractivity contribution in [2.45, 2.75) is 32.3 Å². The number of hydrogen-bond acceptors (Lipinski definition) is 5. The van der Waals surface area contributed by atoms with E-state index in [1.165, 1.54) is 7.11 Å². The highest BCUT2D eigenvalue weighted by Crippen LogP contribution is 2.40. The van der Waals surface area contributed by atoms with E-state index in [1.54, 1.807) is 0 Å². The number of rotatable bonds is 6. The van der Waals surface area contributed by atoms with Crippen LogP contribution in [-0.4, -0.2) is 41.4 Å². The Kier molecular flexibility index (Phi) is 6.06. The molecule has 0 aliphatic carbocycles. The number of anilines is 1. The fraction of sp³-hybridized carbons (Fsp3) is 0.429. The van der Waals surface area contributed by atoms with Crippen LogP contribution in [0.2, 0.25) is 5.02 Å². The standard InChI is InChI=1S/C21H23ClF2N4O2/c1-3-30-12-17-25-26-21-19(22)16(8-11-28(17)21)27-9-6-13(7-10-27)18-14(23)4-5-15(24)20(18)29-2/h4-5,8,11,13H,3,6-7,9-10,12H2,1-2H3. The summed E-state index contributed by atoms with van der Waals surface area (Å²) in [5.41, 5.74) is 1.74. The van der Waals surface area contributed by atoms with E-state index < -0.39 is 11.6 Å². The van der Waals surface area contributed by atoms with E-state index in [0.717, 1.165) is 17.8 Å². The molecule has 2 aromatic heterocycles. The molecule has 160 valence electrons. The lowest BCUT2D eigenvalue weighted by Crippen LogP contribution is -2.33. The number of piperidine rings is 1. The highest BCUT2D eigenvalue weighted by molar-refractivity contribution is 6.36. The molecule has 3 heterocycles. The van der Waals surface area contributed by atoms with Gasteiger partial charge in [-0.05, 0) is 43.9 Å². The van der Waals surface area contributed by atoms with E-state index in [0.29, 0.717) is 61.2 Å². The smallest absolute Gasteiger partial charge is 0.181 e. The molecule has 1 fully saturated rings. The molecule has 0 amide bonds. The molecule has 0 bridgehead atoms. The highest BCUT2D eigenvalue weighted by Gasteiger charge is 2.28. The van der Waals surface area contributed by atoms with Crippen molar-refractivity contribution in [3.63, 3.8) is 0 Å². The fourth-order valence-corrected chi connectivity index (χ4v) is 4.36. The summed E-state index contributed by atoms with van der Waals surface area (Å²) >= 11 is 6.63. The Morgan fingerprint density at radius 2 is 1.87 bits per heavy atom. The number of nitrogens with zero attached hydrogens (tertiary/aromatic N) is 4. The molecule has 1 saturated heterocycles. The Balaban J connectivity index is 1.54. The van der Waals surface area contributed by atoms with Crippen LogP contribution in [-0.2, 0) is 11.3 Å². The van der Waals surface area contributed by atoms with Crippen molar-refractivity contribution in [1.82, 2.24) is 14.6 Å². The van der Waals surface area contributed by atoms with Crippen molar-refractivity contribution in [3.8, 4) is 5.75 Å². The van der Waals surface area contributed by atoms with Crippen LogP contribution in [0.15, 0.2) is 24.4 Å². The molecule has 3 aromatic rings. The van der Waals surface area contributed by atoms with Crippen LogP contribution in [0.25, 0.3) is 5.65 Å². The van der Waals surface area contributed by atoms with E-state index in [-0.39, 0.29) is 11.7 Å². The van der Waals surface area contributed by atoms with Crippen molar-refractivity contribution in [2.75, 3.05) is 31.7 Å². The maximum absolute atomic E-state index is 14.4. The predicted molar refractivity (Wildman–Crippen MR) is 110 cm³/mol. The Labute approximate surface area is 178 Å². The normalized spacial score (nSPS) is 15.2. The average molecular weight is 437 g/mol. The van der Waals surface area contributed by atoms with E-state index >= 15 is 0 Å². The minimum absolute atomic E-state index is 0.00168. The van der Waals surface area contributed by atoms with Crippen molar-refractivity contribution in [2.24, 2.45) is 0 Å². The zero-order chi connectivity index (χ0) is 21.3. The zero-order valence-electron chi connectivity index (χ0n) is 16.9. The second kappa shape index (κ2) is 8.73. The number of ether oxygens (including phenoxy) is 2. The SMILES string of the molecule is CCOCc1nnc2c(Cl)c(N3CCC(c4c(F)ccc(F)c4OC)CC3)ccn12. The average Bonchev–Trinajstić information content (AvgIpc) is 3.18. The molecule has 9 heteroatoms. The quantitative estimate of drug-likeness (QED) is 0.565. The molecular weight excluding hydrogens is 414 g/mol. The first kappa shape index (κ1) is 20.8. The van der Waals surface area contributed by atoms with Gasteiger partial charge in [0.15, 0.2) is 23.0 Å². The Morgan fingerprint density at radius 1 is 1.13 bits per heavy atom. The van der Waals surface area contributed by atoms with Gasteiger partial charge in [0, 0.05) is 31.5 Å². The molecule has 0 unspecified atom stereocenters. The summed E-state index contributed by atoms with van der Waals surface area (Å²) in [7, 11) is 1.36. The summed E-state index contributed by atoms with van der Waals surface area (Å²) in [6, 6.07) is 4.19. The van der Waals surface area contributed by atoms with Gasteiger partial charge in [0.25, 0.3) is 0 Å². The molecule has 0 N–H and O–H groups in total. The summed E-state index contributed by atoms with van der Waals surface area (Å²) in [6.07, 6.45) is 3.19. The topological polar surface area (TPSA) is 51.9 Å². The number of halogens is 3. The maximum atomic E-state index is 14.4. The third-order valence-electron chi connectivity index (χ3n) is 5.55. The summed E-state index contributed by atoms with van der Waals surface area (Å²) in [5.74, 6) is -0.415. The molecule has 1 aliphatic heterocycles. The Hall–Kier alpha value is -2.45. The van der Waals surface area contributed by atoms with Crippen LogP contribution in [0.4, 0.5) is 14.5 Å². The van der Waals surface area contributed by atoms with Gasteiger partial charge in [0.2, 0.25) is 0 Å². The monoisotopic (exact) mass is 436 g/mol. The molecule has 1 aliphatic rings. The van der Waals surface area contributed by atoms with Crippen LogP contribution in [0.5, 0.6) is 5.75 Å². The number of aromatic nitrogens is 3. The molecule has 4 rings (SSSR count). The minimum Gasteiger partial charge on any atom is -0.493 e. The van der Waals surface area contributed by atoms with Crippen LogP contribution in [0.3, 0.4) is 0 Å². The second-order valence-corrected chi connectivity index (χ2v) is 7.58. The summed E-state index contributed by atoms with van der Waals surface area (Å²) in [6.45, 7) is 4.18. The van der Waals surface area contributed by atoms with Crippen molar-refractivity contribution < 1.29 is 18.3 Å².